The summed E-state index contributed by atoms with van der Waals surface area (Å²) in [6.45, 7) is 3.79. The van der Waals surface area contributed by atoms with Gasteiger partial charge in [0.25, 0.3) is 0 Å². The van der Waals surface area contributed by atoms with Crippen LogP contribution < -0.4 is 5.32 Å². The molecule has 1 fully saturated rings. The van der Waals surface area contributed by atoms with Gasteiger partial charge < -0.3 is 10.8 Å². The van der Waals surface area contributed by atoms with Crippen molar-refractivity contribution in [3.63, 3.8) is 0 Å². The number of thiocarbonyl (C=S) groups is 2. The Labute approximate surface area is 192 Å². The van der Waals surface area contributed by atoms with Crippen molar-refractivity contribution in [2.75, 3.05) is 26.2 Å². The summed E-state index contributed by atoms with van der Waals surface area (Å²) in [6, 6.07) is 11.9. The van der Waals surface area contributed by atoms with Crippen LogP contribution in [0.15, 0.2) is 53.8 Å². The van der Waals surface area contributed by atoms with Crippen molar-refractivity contribution in [3.8, 4) is 0 Å². The van der Waals surface area contributed by atoms with Crippen LogP contribution in [0.3, 0.4) is 0 Å². The number of aromatic nitrogens is 2. The van der Waals surface area contributed by atoms with Crippen LogP contribution in [0.1, 0.15) is 24.0 Å². The normalized spacial score (nSPS) is 15.4. The molecule has 1 aliphatic rings. The minimum atomic E-state index is 0. The number of isothiocyanates is 2. The fourth-order valence-electron chi connectivity index (χ4n) is 2.65. The van der Waals surface area contributed by atoms with Gasteiger partial charge in [-0.05, 0) is 37.2 Å². The molecule has 0 spiro atoms. The minimum absolute atomic E-state index is 0. The zero-order valence-electron chi connectivity index (χ0n) is 15.6. The second-order valence-electron chi connectivity index (χ2n) is 5.47. The van der Waals surface area contributed by atoms with E-state index in [0.29, 0.717) is 0 Å². The van der Waals surface area contributed by atoms with E-state index < -0.39 is 0 Å². The molecule has 1 radical (unpaired) electrons. The van der Waals surface area contributed by atoms with Crippen LogP contribution in [0.5, 0.6) is 0 Å². The van der Waals surface area contributed by atoms with Crippen LogP contribution in [0, 0.1) is 0 Å². The van der Waals surface area contributed by atoms with Crippen molar-refractivity contribution < 1.29 is 16.5 Å². The first-order valence-electron chi connectivity index (χ1n) is 8.58. The van der Waals surface area contributed by atoms with Crippen LogP contribution in [0.4, 0.5) is 0 Å². The molecule has 0 bridgehead atoms. The first kappa shape index (κ1) is 27.0. The van der Waals surface area contributed by atoms with E-state index in [2.05, 4.69) is 55.7 Å². The summed E-state index contributed by atoms with van der Waals surface area (Å²) in [5.41, 5.74) is 1.98. The standard InChI is InChI=1S/C17H21N5.2CNS.Ni/c1-3-8-19-15(6-1)14-18-11-13-22-12-5-10-21-17(22)16-7-2-4-9-20-16;2*2-1-3;/h1-4,6-9,14,17,21H,5,10-13H2;;;/q;2*-1;+3/t17-;;;/m0.../s1. The average molecular weight is 470 g/mol. The molecule has 0 saturated carbocycles. The number of nitrogens with zero attached hydrogens (tertiary/aromatic N) is 6. The van der Waals surface area contributed by atoms with Gasteiger partial charge in [-0.3, -0.25) is 25.2 Å². The molecule has 1 saturated heterocycles. The number of nitrogens with one attached hydrogen (secondary N) is 1. The smallest absolute Gasteiger partial charge is 0.753 e. The van der Waals surface area contributed by atoms with Crippen molar-refractivity contribution in [2.45, 2.75) is 12.6 Å². The summed E-state index contributed by atoms with van der Waals surface area (Å²) in [7, 11) is 0. The van der Waals surface area contributed by atoms with Crippen molar-refractivity contribution in [1.29, 1.82) is 0 Å². The SMILES string of the molecule is C(=NCCN1CCCN[C@@H]1c1ccccn1)c1ccccn1.[N-]=C=S.[N-]=C=S.[Ni+3]. The van der Waals surface area contributed by atoms with E-state index in [1.54, 1.807) is 6.20 Å². The van der Waals surface area contributed by atoms with E-state index in [0.717, 1.165) is 44.0 Å². The maximum Gasteiger partial charge on any atom is 3.00 e. The van der Waals surface area contributed by atoms with E-state index in [1.165, 1.54) is 10.3 Å². The summed E-state index contributed by atoms with van der Waals surface area (Å²) in [5, 5.41) is 20.5. The first-order chi connectivity index (χ1) is 13.8. The molecule has 0 aromatic carbocycles. The number of hydrogen-bond donors (Lipinski definition) is 1. The Morgan fingerprint density at radius 2 is 1.79 bits per heavy atom. The third-order valence-electron chi connectivity index (χ3n) is 3.72. The Kier molecular flexibility index (Phi) is 16.8. The third-order valence-corrected chi connectivity index (χ3v) is 3.72. The summed E-state index contributed by atoms with van der Waals surface area (Å²) in [5.74, 6) is 0. The van der Waals surface area contributed by atoms with Gasteiger partial charge in [-0.2, -0.15) is 10.3 Å². The fraction of sp³-hybridized carbons (Fsp3) is 0.316. The zero-order valence-corrected chi connectivity index (χ0v) is 18.2. The van der Waals surface area contributed by atoms with Crippen molar-refractivity contribution in [2.24, 2.45) is 4.99 Å². The van der Waals surface area contributed by atoms with Crippen LogP contribution in [-0.4, -0.2) is 57.6 Å². The van der Waals surface area contributed by atoms with Gasteiger partial charge in [0.1, 0.15) is 6.17 Å². The largest absolute Gasteiger partial charge is 3.00 e. The summed E-state index contributed by atoms with van der Waals surface area (Å²) < 4.78 is 0. The molecule has 0 unspecified atom stereocenters. The Hall–Kier alpha value is -2.02. The van der Waals surface area contributed by atoms with Crippen molar-refractivity contribution in [1.82, 2.24) is 20.2 Å². The Balaban J connectivity index is 0.00000100. The van der Waals surface area contributed by atoms with Crippen molar-refractivity contribution >= 4 is 41.0 Å². The van der Waals surface area contributed by atoms with Gasteiger partial charge in [0.2, 0.25) is 0 Å². The maximum absolute atomic E-state index is 7.13. The van der Waals surface area contributed by atoms with E-state index in [9.17, 15) is 0 Å². The molecular formula is C19H21N7NiS2+. The number of pyridine rings is 2. The minimum Gasteiger partial charge on any atom is -0.753 e. The van der Waals surface area contributed by atoms with Crippen LogP contribution >= 0.6 is 24.4 Å². The molecule has 0 amide bonds. The Bertz CT molecular complexity index is 751. The molecule has 29 heavy (non-hydrogen) atoms. The molecule has 0 aliphatic carbocycles. The predicted molar refractivity (Wildman–Crippen MR) is 120 cm³/mol. The van der Waals surface area contributed by atoms with Gasteiger partial charge in [-0.15, -0.1) is 0 Å². The van der Waals surface area contributed by atoms with Gasteiger partial charge in [-0.1, -0.05) is 36.6 Å². The van der Waals surface area contributed by atoms with Gasteiger partial charge >= 0.3 is 16.5 Å². The van der Waals surface area contributed by atoms with Crippen LogP contribution in [0.25, 0.3) is 10.8 Å². The average Bonchev–Trinajstić information content (AvgIpc) is 2.74. The number of rotatable bonds is 5. The van der Waals surface area contributed by atoms with Crippen molar-refractivity contribution in [3.05, 3.63) is 71.0 Å². The molecule has 3 rings (SSSR count). The molecule has 1 N–H and O–H groups in total. The number of hydrogen-bond acceptors (Lipinski definition) is 7. The van der Waals surface area contributed by atoms with E-state index in [-0.39, 0.29) is 22.7 Å². The second-order valence-corrected chi connectivity index (χ2v) is 5.84. The molecule has 2 aromatic heterocycles. The van der Waals surface area contributed by atoms with Crippen LogP contribution in [0.2, 0.25) is 0 Å². The molecule has 1 atom stereocenters. The second kappa shape index (κ2) is 18.0. The fourth-order valence-corrected chi connectivity index (χ4v) is 2.65. The van der Waals surface area contributed by atoms with Gasteiger partial charge in [-0.25, -0.2) is 0 Å². The monoisotopic (exact) mass is 469 g/mol. The molecule has 1 aliphatic heterocycles. The first-order valence-corrected chi connectivity index (χ1v) is 9.40. The molecule has 153 valence electrons. The van der Waals surface area contributed by atoms with Crippen LogP contribution in [-0.2, 0) is 16.5 Å². The Morgan fingerprint density at radius 1 is 1.14 bits per heavy atom. The van der Waals surface area contributed by atoms with E-state index in [1.807, 2.05) is 42.7 Å². The summed E-state index contributed by atoms with van der Waals surface area (Å²) in [6.07, 6.45) is 6.83. The van der Waals surface area contributed by atoms with Gasteiger partial charge in [0, 0.05) is 31.7 Å². The van der Waals surface area contributed by atoms with E-state index >= 15 is 0 Å². The number of aliphatic imine (C=N–C) groups is 1. The maximum atomic E-state index is 7.13. The Morgan fingerprint density at radius 3 is 2.38 bits per heavy atom. The van der Waals surface area contributed by atoms with E-state index in [4.69, 9.17) is 10.8 Å². The molecule has 10 heteroatoms. The summed E-state index contributed by atoms with van der Waals surface area (Å²) in [4.78, 5) is 15.6. The topological polar surface area (TPSA) is 98.0 Å². The molecular weight excluding hydrogens is 449 g/mol. The van der Waals surface area contributed by atoms with Gasteiger partial charge in [0.15, 0.2) is 0 Å². The summed E-state index contributed by atoms with van der Waals surface area (Å²) >= 11 is 7.40. The zero-order chi connectivity index (χ0) is 20.5. The third kappa shape index (κ3) is 11.5. The molecule has 2 aromatic rings. The quantitative estimate of drug-likeness (QED) is 0.410. The van der Waals surface area contributed by atoms with Gasteiger partial charge in [0.05, 0.1) is 17.9 Å². The predicted octanol–water partition coefficient (Wildman–Crippen LogP) is 3.20. The molecule has 7 nitrogen and oxygen atoms in total. The molecule has 3 heterocycles.